The average Bonchev–Trinajstić information content (AvgIpc) is 2.97. The summed E-state index contributed by atoms with van der Waals surface area (Å²) in [4.78, 5) is 0. The molecule has 4 nitrogen and oxygen atoms in total. The lowest BCUT2D eigenvalue weighted by Crippen LogP contribution is -2.12. The van der Waals surface area contributed by atoms with Crippen molar-refractivity contribution in [1.82, 2.24) is 10.2 Å². The van der Waals surface area contributed by atoms with Crippen molar-refractivity contribution in [3.05, 3.63) is 47.7 Å². The van der Waals surface area contributed by atoms with Crippen LogP contribution in [0.4, 0.5) is 0 Å². The fourth-order valence-electron chi connectivity index (χ4n) is 2.43. The predicted octanol–water partition coefficient (Wildman–Crippen LogP) is 3.80. The Bertz CT molecular complexity index is 503. The maximum absolute atomic E-state index is 6.18. The third-order valence-electron chi connectivity index (χ3n) is 3.50. The van der Waals surface area contributed by atoms with Crippen LogP contribution in [0.2, 0.25) is 0 Å². The summed E-state index contributed by atoms with van der Waals surface area (Å²) in [5, 5.41) is 8.34. The molecule has 0 saturated heterocycles. The van der Waals surface area contributed by atoms with Crippen LogP contribution in [0.5, 0.6) is 0 Å². The second-order valence-electron chi connectivity index (χ2n) is 5.14. The fraction of sp³-hybridized carbons (Fsp3) is 0.500. The Morgan fingerprint density at radius 3 is 2.20 bits per heavy atom. The summed E-state index contributed by atoms with van der Waals surface area (Å²) >= 11 is 0. The molecule has 0 amide bonds. The quantitative estimate of drug-likeness (QED) is 0.833. The molecule has 0 aliphatic carbocycles. The molecular formula is C16H23N3O. The summed E-state index contributed by atoms with van der Waals surface area (Å²) < 4.78 is 5.82. The summed E-state index contributed by atoms with van der Waals surface area (Å²) in [6.07, 6.45) is 4.40. The fourth-order valence-corrected chi connectivity index (χ4v) is 2.43. The van der Waals surface area contributed by atoms with E-state index in [0.717, 1.165) is 37.1 Å². The zero-order valence-corrected chi connectivity index (χ0v) is 12.2. The van der Waals surface area contributed by atoms with Gasteiger partial charge in [-0.05, 0) is 18.4 Å². The first kappa shape index (κ1) is 14.7. The van der Waals surface area contributed by atoms with Crippen molar-refractivity contribution >= 4 is 0 Å². The third kappa shape index (κ3) is 3.45. The van der Waals surface area contributed by atoms with E-state index in [9.17, 15) is 0 Å². The molecule has 0 aliphatic rings. The Morgan fingerprint density at radius 2 is 1.60 bits per heavy atom. The van der Waals surface area contributed by atoms with Gasteiger partial charge in [-0.3, -0.25) is 0 Å². The number of hydrogen-bond donors (Lipinski definition) is 1. The van der Waals surface area contributed by atoms with Crippen LogP contribution in [-0.2, 0) is 0 Å². The summed E-state index contributed by atoms with van der Waals surface area (Å²) in [5.74, 6) is 1.59. The van der Waals surface area contributed by atoms with Gasteiger partial charge in [0.2, 0.25) is 11.8 Å². The molecule has 0 saturated carbocycles. The van der Waals surface area contributed by atoms with E-state index in [4.69, 9.17) is 10.2 Å². The highest BCUT2D eigenvalue weighted by molar-refractivity contribution is 5.22. The van der Waals surface area contributed by atoms with Crippen molar-refractivity contribution in [1.29, 1.82) is 0 Å². The predicted molar refractivity (Wildman–Crippen MR) is 79.3 cm³/mol. The molecule has 2 aromatic rings. The first-order valence-electron chi connectivity index (χ1n) is 7.40. The van der Waals surface area contributed by atoms with Crippen molar-refractivity contribution in [3.63, 3.8) is 0 Å². The van der Waals surface area contributed by atoms with Gasteiger partial charge in [0.1, 0.15) is 6.04 Å². The minimum absolute atomic E-state index is 0.346. The number of rotatable bonds is 7. The van der Waals surface area contributed by atoms with Crippen LogP contribution in [0.1, 0.15) is 68.8 Å². The molecular weight excluding hydrogens is 250 g/mol. The molecule has 2 N–H and O–H groups in total. The first-order chi connectivity index (χ1) is 9.76. The summed E-state index contributed by atoms with van der Waals surface area (Å²) in [6, 6.07) is 9.50. The topological polar surface area (TPSA) is 64.9 Å². The van der Waals surface area contributed by atoms with E-state index in [-0.39, 0.29) is 6.04 Å². The highest BCUT2D eigenvalue weighted by Crippen LogP contribution is 2.27. The Hall–Kier alpha value is -1.68. The molecule has 1 heterocycles. The largest absolute Gasteiger partial charge is 0.423 e. The molecule has 0 fully saturated rings. The van der Waals surface area contributed by atoms with E-state index in [0.29, 0.717) is 11.8 Å². The van der Waals surface area contributed by atoms with Gasteiger partial charge in [0, 0.05) is 5.92 Å². The van der Waals surface area contributed by atoms with Gasteiger partial charge in [-0.25, -0.2) is 0 Å². The molecule has 2 rings (SSSR count). The van der Waals surface area contributed by atoms with Gasteiger partial charge in [0.05, 0.1) is 0 Å². The van der Waals surface area contributed by atoms with Crippen molar-refractivity contribution in [2.45, 2.75) is 51.5 Å². The van der Waals surface area contributed by atoms with Crippen LogP contribution in [0.15, 0.2) is 34.7 Å². The van der Waals surface area contributed by atoms with Crippen LogP contribution in [0, 0.1) is 0 Å². The van der Waals surface area contributed by atoms with E-state index >= 15 is 0 Å². The molecule has 1 aromatic carbocycles. The van der Waals surface area contributed by atoms with Crippen molar-refractivity contribution in [2.24, 2.45) is 5.73 Å². The van der Waals surface area contributed by atoms with Crippen LogP contribution in [0.3, 0.4) is 0 Å². The summed E-state index contributed by atoms with van der Waals surface area (Å²) in [5.41, 5.74) is 7.17. The van der Waals surface area contributed by atoms with Crippen molar-refractivity contribution in [3.8, 4) is 0 Å². The molecule has 1 aromatic heterocycles. The van der Waals surface area contributed by atoms with Crippen molar-refractivity contribution in [2.75, 3.05) is 0 Å². The van der Waals surface area contributed by atoms with Gasteiger partial charge in [0.25, 0.3) is 0 Å². The number of nitrogens with zero attached hydrogens (tertiary/aromatic N) is 2. The van der Waals surface area contributed by atoms with E-state index in [1.807, 2.05) is 30.3 Å². The van der Waals surface area contributed by atoms with Crippen molar-refractivity contribution < 1.29 is 4.42 Å². The van der Waals surface area contributed by atoms with Crippen LogP contribution in [0.25, 0.3) is 0 Å². The molecule has 0 radical (unpaired) electrons. The minimum Gasteiger partial charge on any atom is -0.423 e. The summed E-state index contributed by atoms with van der Waals surface area (Å²) in [7, 11) is 0. The smallest absolute Gasteiger partial charge is 0.237 e. The standard InChI is InChI=1S/C16H23N3O/c1-3-8-13(9-4-2)15-18-19-16(20-15)14(17)12-10-6-5-7-11-12/h5-7,10-11,13-14H,3-4,8-9,17H2,1-2H3. The van der Waals surface area contributed by atoms with Gasteiger partial charge in [-0.1, -0.05) is 57.0 Å². The zero-order chi connectivity index (χ0) is 14.4. The maximum Gasteiger partial charge on any atom is 0.237 e. The lowest BCUT2D eigenvalue weighted by molar-refractivity contribution is 0.381. The Labute approximate surface area is 120 Å². The average molecular weight is 273 g/mol. The number of nitrogens with two attached hydrogens (primary N) is 1. The third-order valence-corrected chi connectivity index (χ3v) is 3.50. The molecule has 4 heteroatoms. The van der Waals surface area contributed by atoms with Gasteiger partial charge in [0.15, 0.2) is 0 Å². The van der Waals surface area contributed by atoms with Gasteiger partial charge in [-0.2, -0.15) is 0 Å². The van der Waals surface area contributed by atoms with E-state index in [2.05, 4.69) is 24.0 Å². The molecule has 1 atom stereocenters. The molecule has 0 bridgehead atoms. The van der Waals surface area contributed by atoms with Gasteiger partial charge >= 0.3 is 0 Å². The lowest BCUT2D eigenvalue weighted by atomic mass is 9.98. The normalized spacial score (nSPS) is 12.8. The molecule has 108 valence electrons. The number of benzene rings is 1. The zero-order valence-electron chi connectivity index (χ0n) is 12.2. The van der Waals surface area contributed by atoms with Crippen LogP contribution >= 0.6 is 0 Å². The Morgan fingerprint density at radius 1 is 1.00 bits per heavy atom. The lowest BCUT2D eigenvalue weighted by Gasteiger charge is -2.10. The van der Waals surface area contributed by atoms with E-state index in [1.165, 1.54) is 0 Å². The molecule has 0 aliphatic heterocycles. The number of hydrogen-bond acceptors (Lipinski definition) is 4. The van der Waals surface area contributed by atoms with Gasteiger partial charge in [-0.15, -0.1) is 10.2 Å². The van der Waals surface area contributed by atoms with Gasteiger partial charge < -0.3 is 10.2 Å². The maximum atomic E-state index is 6.18. The second-order valence-corrected chi connectivity index (χ2v) is 5.14. The second kappa shape index (κ2) is 7.20. The Balaban J connectivity index is 2.15. The molecule has 1 unspecified atom stereocenters. The van der Waals surface area contributed by atoms with E-state index in [1.54, 1.807) is 0 Å². The SMILES string of the molecule is CCCC(CCC)c1nnc(C(N)c2ccccc2)o1. The first-order valence-corrected chi connectivity index (χ1v) is 7.40. The highest BCUT2D eigenvalue weighted by Gasteiger charge is 2.21. The summed E-state index contributed by atoms with van der Waals surface area (Å²) in [6.45, 7) is 4.35. The Kier molecular flexibility index (Phi) is 5.30. The monoisotopic (exact) mass is 273 g/mol. The molecule has 20 heavy (non-hydrogen) atoms. The van der Waals surface area contributed by atoms with Crippen LogP contribution < -0.4 is 5.73 Å². The van der Waals surface area contributed by atoms with Crippen LogP contribution in [-0.4, -0.2) is 10.2 Å². The van der Waals surface area contributed by atoms with E-state index < -0.39 is 0 Å². The minimum atomic E-state index is -0.346. The number of aromatic nitrogens is 2. The highest BCUT2D eigenvalue weighted by atomic mass is 16.4. The molecule has 0 spiro atoms.